The van der Waals surface area contributed by atoms with Crippen molar-refractivity contribution in [1.82, 2.24) is 5.32 Å². The number of nitrogens with two attached hydrogens (primary N) is 1. The number of primary amides is 1. The highest BCUT2D eigenvalue weighted by Crippen LogP contribution is 2.12. The van der Waals surface area contributed by atoms with Crippen molar-refractivity contribution < 1.29 is 9.53 Å². The first kappa shape index (κ1) is 13.1. The molecule has 1 saturated heterocycles. The van der Waals surface area contributed by atoms with E-state index in [2.05, 4.69) is 5.32 Å². The minimum Gasteiger partial charge on any atom is -0.377 e. The summed E-state index contributed by atoms with van der Waals surface area (Å²) in [5.74, 6) is -0.382. The molecule has 1 atom stereocenters. The Morgan fingerprint density at radius 2 is 2.33 bits per heavy atom. The molecule has 3 N–H and O–H groups in total. The maximum Gasteiger partial charge on any atom is 0.248 e. The Morgan fingerprint density at radius 1 is 1.44 bits per heavy atom. The summed E-state index contributed by atoms with van der Waals surface area (Å²) in [6.45, 7) is 2.48. The summed E-state index contributed by atoms with van der Waals surface area (Å²) in [6, 6.07) is 7.41. The molecule has 1 heterocycles. The zero-order valence-electron chi connectivity index (χ0n) is 10.5. The second-order valence-electron chi connectivity index (χ2n) is 4.68. The van der Waals surface area contributed by atoms with Gasteiger partial charge in [0.25, 0.3) is 0 Å². The predicted octanol–water partition coefficient (Wildman–Crippen LogP) is 1.44. The fourth-order valence-corrected chi connectivity index (χ4v) is 2.18. The molecule has 0 aliphatic carbocycles. The van der Waals surface area contributed by atoms with Gasteiger partial charge in [0.2, 0.25) is 5.91 Å². The van der Waals surface area contributed by atoms with Gasteiger partial charge in [0.15, 0.2) is 0 Å². The maximum absolute atomic E-state index is 11.1. The Hall–Kier alpha value is -1.39. The molecule has 98 valence electrons. The van der Waals surface area contributed by atoms with Gasteiger partial charge in [-0.2, -0.15) is 0 Å². The first-order valence-corrected chi connectivity index (χ1v) is 6.47. The van der Waals surface area contributed by atoms with Crippen molar-refractivity contribution in [2.24, 2.45) is 5.73 Å². The molecular formula is C14H20N2O2. The van der Waals surface area contributed by atoms with Gasteiger partial charge in [0, 0.05) is 25.3 Å². The van der Waals surface area contributed by atoms with Crippen LogP contribution in [-0.2, 0) is 11.3 Å². The van der Waals surface area contributed by atoms with Gasteiger partial charge in [-0.25, -0.2) is 0 Å². The molecule has 1 amide bonds. The predicted molar refractivity (Wildman–Crippen MR) is 70.3 cm³/mol. The van der Waals surface area contributed by atoms with E-state index in [0.717, 1.165) is 31.7 Å². The standard InChI is InChI=1S/C14H20N2O2/c15-14(17)12-5-3-4-11(8-12)9-16-10-13-6-1-2-7-18-13/h3-5,8,13,16H,1-2,6-7,9-10H2,(H2,15,17). The molecule has 2 rings (SSSR count). The summed E-state index contributed by atoms with van der Waals surface area (Å²) in [5, 5.41) is 3.36. The van der Waals surface area contributed by atoms with Gasteiger partial charge in [0.05, 0.1) is 6.10 Å². The van der Waals surface area contributed by atoms with Gasteiger partial charge in [-0.05, 0) is 37.0 Å². The van der Waals surface area contributed by atoms with Crippen molar-refractivity contribution >= 4 is 5.91 Å². The van der Waals surface area contributed by atoms with E-state index in [1.165, 1.54) is 12.8 Å². The Labute approximate surface area is 108 Å². The van der Waals surface area contributed by atoms with Crippen molar-refractivity contribution in [1.29, 1.82) is 0 Å². The minimum atomic E-state index is -0.382. The van der Waals surface area contributed by atoms with Crippen LogP contribution in [-0.4, -0.2) is 25.2 Å². The van der Waals surface area contributed by atoms with Crippen molar-refractivity contribution in [3.63, 3.8) is 0 Å². The highest BCUT2D eigenvalue weighted by atomic mass is 16.5. The Bertz CT molecular complexity index is 401. The third kappa shape index (κ3) is 3.82. The van der Waals surface area contributed by atoms with Crippen molar-refractivity contribution in [3.8, 4) is 0 Å². The third-order valence-corrected chi connectivity index (χ3v) is 3.19. The van der Waals surface area contributed by atoms with Crippen LogP contribution in [0.5, 0.6) is 0 Å². The van der Waals surface area contributed by atoms with Crippen LogP contribution >= 0.6 is 0 Å². The number of ether oxygens (including phenoxy) is 1. The fraction of sp³-hybridized carbons (Fsp3) is 0.500. The molecule has 1 unspecified atom stereocenters. The quantitative estimate of drug-likeness (QED) is 0.829. The van der Waals surface area contributed by atoms with Crippen LogP contribution in [0.15, 0.2) is 24.3 Å². The average molecular weight is 248 g/mol. The summed E-state index contributed by atoms with van der Waals surface area (Å²) < 4.78 is 5.64. The van der Waals surface area contributed by atoms with E-state index in [9.17, 15) is 4.79 Å². The smallest absolute Gasteiger partial charge is 0.248 e. The Balaban J connectivity index is 1.78. The van der Waals surface area contributed by atoms with Crippen LogP contribution in [0.1, 0.15) is 35.2 Å². The van der Waals surface area contributed by atoms with Gasteiger partial charge in [-0.1, -0.05) is 12.1 Å². The van der Waals surface area contributed by atoms with E-state index in [0.29, 0.717) is 11.7 Å². The van der Waals surface area contributed by atoms with Gasteiger partial charge in [0.1, 0.15) is 0 Å². The zero-order chi connectivity index (χ0) is 12.8. The van der Waals surface area contributed by atoms with E-state index in [1.54, 1.807) is 6.07 Å². The highest BCUT2D eigenvalue weighted by molar-refractivity contribution is 5.92. The number of carbonyl (C=O) groups excluding carboxylic acids is 1. The van der Waals surface area contributed by atoms with Crippen LogP contribution in [0.2, 0.25) is 0 Å². The number of nitrogens with one attached hydrogen (secondary N) is 1. The number of amides is 1. The van der Waals surface area contributed by atoms with E-state index in [1.807, 2.05) is 18.2 Å². The molecule has 1 aromatic rings. The molecule has 1 aliphatic heterocycles. The van der Waals surface area contributed by atoms with Crippen molar-refractivity contribution in [3.05, 3.63) is 35.4 Å². The van der Waals surface area contributed by atoms with Gasteiger partial charge >= 0.3 is 0 Å². The molecule has 0 spiro atoms. The van der Waals surface area contributed by atoms with Crippen LogP contribution < -0.4 is 11.1 Å². The number of hydrogen-bond donors (Lipinski definition) is 2. The summed E-state index contributed by atoms with van der Waals surface area (Å²) in [4.78, 5) is 11.1. The molecule has 0 bridgehead atoms. The molecule has 18 heavy (non-hydrogen) atoms. The largest absolute Gasteiger partial charge is 0.377 e. The fourth-order valence-electron chi connectivity index (χ4n) is 2.18. The number of benzene rings is 1. The van der Waals surface area contributed by atoms with Gasteiger partial charge < -0.3 is 15.8 Å². The van der Waals surface area contributed by atoms with Gasteiger partial charge in [-0.15, -0.1) is 0 Å². The zero-order valence-corrected chi connectivity index (χ0v) is 10.5. The molecule has 0 saturated carbocycles. The Morgan fingerprint density at radius 3 is 3.06 bits per heavy atom. The number of rotatable bonds is 5. The highest BCUT2D eigenvalue weighted by Gasteiger charge is 2.12. The van der Waals surface area contributed by atoms with Gasteiger partial charge in [-0.3, -0.25) is 4.79 Å². The van der Waals surface area contributed by atoms with Crippen molar-refractivity contribution in [2.75, 3.05) is 13.2 Å². The first-order valence-electron chi connectivity index (χ1n) is 6.47. The summed E-state index contributed by atoms with van der Waals surface area (Å²) in [6.07, 6.45) is 3.90. The molecule has 1 aliphatic rings. The third-order valence-electron chi connectivity index (χ3n) is 3.19. The SMILES string of the molecule is NC(=O)c1cccc(CNCC2CCCCO2)c1. The summed E-state index contributed by atoms with van der Waals surface area (Å²) >= 11 is 0. The lowest BCUT2D eigenvalue weighted by atomic mass is 10.1. The van der Waals surface area contributed by atoms with Crippen molar-refractivity contribution in [2.45, 2.75) is 31.9 Å². The molecule has 0 radical (unpaired) electrons. The molecule has 1 fully saturated rings. The molecular weight excluding hydrogens is 228 g/mol. The van der Waals surface area contributed by atoms with E-state index in [4.69, 9.17) is 10.5 Å². The van der Waals surface area contributed by atoms with Crippen LogP contribution in [0.3, 0.4) is 0 Å². The number of hydrogen-bond acceptors (Lipinski definition) is 3. The van der Waals surface area contributed by atoms with E-state index >= 15 is 0 Å². The lowest BCUT2D eigenvalue weighted by molar-refractivity contribution is 0.0168. The first-order chi connectivity index (χ1) is 8.75. The minimum absolute atomic E-state index is 0.332. The molecule has 0 aromatic heterocycles. The monoisotopic (exact) mass is 248 g/mol. The van der Waals surface area contributed by atoms with E-state index < -0.39 is 0 Å². The second-order valence-corrected chi connectivity index (χ2v) is 4.68. The molecule has 1 aromatic carbocycles. The van der Waals surface area contributed by atoms with Crippen LogP contribution in [0.4, 0.5) is 0 Å². The van der Waals surface area contributed by atoms with E-state index in [-0.39, 0.29) is 5.91 Å². The lowest BCUT2D eigenvalue weighted by Crippen LogP contribution is -2.31. The second kappa shape index (κ2) is 6.52. The Kier molecular flexibility index (Phi) is 4.73. The van der Waals surface area contributed by atoms with Crippen LogP contribution in [0, 0.1) is 0 Å². The average Bonchev–Trinajstić information content (AvgIpc) is 2.40. The summed E-state index contributed by atoms with van der Waals surface area (Å²) in [5.41, 5.74) is 6.88. The normalized spacial score (nSPS) is 19.7. The van der Waals surface area contributed by atoms with Crippen LogP contribution in [0.25, 0.3) is 0 Å². The maximum atomic E-state index is 11.1. The summed E-state index contributed by atoms with van der Waals surface area (Å²) in [7, 11) is 0. The molecule has 4 heteroatoms. The molecule has 4 nitrogen and oxygen atoms in total. The topological polar surface area (TPSA) is 64.4 Å². The lowest BCUT2D eigenvalue weighted by Gasteiger charge is -2.22. The number of carbonyl (C=O) groups is 1.